The molecule has 2 nitrogen and oxygen atoms in total. The second kappa shape index (κ2) is 4.33. The highest BCUT2D eigenvalue weighted by Crippen LogP contribution is 2.30. The monoisotopic (exact) mass is 243 g/mol. The van der Waals surface area contributed by atoms with E-state index in [2.05, 4.69) is 4.90 Å². The molecule has 0 spiro atoms. The first-order valence-electron chi connectivity index (χ1n) is 6.04. The molecule has 1 N–H and O–H groups in total. The highest BCUT2D eigenvalue weighted by molar-refractivity contribution is 5.58. The van der Waals surface area contributed by atoms with Crippen molar-refractivity contribution in [2.45, 2.75) is 13.0 Å². The van der Waals surface area contributed by atoms with Crippen molar-refractivity contribution in [3.63, 3.8) is 0 Å². The Balaban J connectivity index is 1.86. The molecule has 0 atom stereocenters. The lowest BCUT2D eigenvalue weighted by molar-refractivity contribution is 0.474. The zero-order valence-corrected chi connectivity index (χ0v) is 9.94. The molecule has 0 amide bonds. The van der Waals surface area contributed by atoms with E-state index in [9.17, 15) is 9.50 Å². The first-order chi connectivity index (χ1) is 8.72. The number of rotatable bonds is 2. The minimum atomic E-state index is -0.198. The van der Waals surface area contributed by atoms with Crippen LogP contribution < -0.4 is 4.90 Å². The average molecular weight is 243 g/mol. The van der Waals surface area contributed by atoms with E-state index in [1.54, 1.807) is 18.2 Å². The van der Waals surface area contributed by atoms with Crippen LogP contribution in [-0.2, 0) is 13.0 Å². The molecule has 2 aromatic rings. The van der Waals surface area contributed by atoms with Crippen molar-refractivity contribution in [1.29, 1.82) is 0 Å². The summed E-state index contributed by atoms with van der Waals surface area (Å²) in [5.41, 5.74) is 3.20. The van der Waals surface area contributed by atoms with Crippen LogP contribution in [0.5, 0.6) is 5.75 Å². The maximum Gasteiger partial charge on any atom is 0.125 e. The standard InChI is InChI=1S/C15H14FNO/c16-13-5-4-12-6-7-17(15(12)9-13)10-11-2-1-3-14(18)8-11/h1-5,8-9,18H,6-7,10H2. The predicted octanol–water partition coefficient (Wildman–Crippen LogP) is 3.09. The van der Waals surface area contributed by atoms with Crippen molar-refractivity contribution >= 4 is 5.69 Å². The van der Waals surface area contributed by atoms with Gasteiger partial charge < -0.3 is 10.0 Å². The average Bonchev–Trinajstić information content (AvgIpc) is 2.72. The Morgan fingerprint density at radius 2 is 2.06 bits per heavy atom. The fourth-order valence-electron chi connectivity index (χ4n) is 2.46. The normalized spacial score (nSPS) is 13.7. The molecule has 0 fully saturated rings. The van der Waals surface area contributed by atoms with Crippen LogP contribution >= 0.6 is 0 Å². The molecule has 0 unspecified atom stereocenters. The summed E-state index contributed by atoms with van der Waals surface area (Å²) in [7, 11) is 0. The van der Waals surface area contributed by atoms with Gasteiger partial charge in [0.15, 0.2) is 0 Å². The molecule has 0 aliphatic carbocycles. The number of halogens is 1. The Labute approximate surface area is 105 Å². The van der Waals surface area contributed by atoms with Crippen molar-refractivity contribution in [1.82, 2.24) is 0 Å². The van der Waals surface area contributed by atoms with Gasteiger partial charge in [-0.25, -0.2) is 4.39 Å². The topological polar surface area (TPSA) is 23.5 Å². The van der Waals surface area contributed by atoms with Crippen LogP contribution in [0.25, 0.3) is 0 Å². The van der Waals surface area contributed by atoms with Gasteiger partial charge in [-0.05, 0) is 41.8 Å². The number of fused-ring (bicyclic) bond motifs is 1. The molecule has 0 radical (unpaired) electrons. The van der Waals surface area contributed by atoms with Gasteiger partial charge in [0.05, 0.1) is 0 Å². The van der Waals surface area contributed by atoms with Gasteiger partial charge in [-0.3, -0.25) is 0 Å². The summed E-state index contributed by atoms with van der Waals surface area (Å²) in [5, 5.41) is 9.45. The molecule has 18 heavy (non-hydrogen) atoms. The lowest BCUT2D eigenvalue weighted by Gasteiger charge is -2.19. The van der Waals surface area contributed by atoms with Gasteiger partial charge in [-0.2, -0.15) is 0 Å². The highest BCUT2D eigenvalue weighted by atomic mass is 19.1. The smallest absolute Gasteiger partial charge is 0.125 e. The van der Waals surface area contributed by atoms with Crippen LogP contribution in [0.1, 0.15) is 11.1 Å². The van der Waals surface area contributed by atoms with Crippen LogP contribution in [0.4, 0.5) is 10.1 Å². The number of nitrogens with zero attached hydrogens (tertiary/aromatic N) is 1. The summed E-state index contributed by atoms with van der Waals surface area (Å²) in [4.78, 5) is 2.15. The zero-order chi connectivity index (χ0) is 12.5. The molecule has 3 heteroatoms. The van der Waals surface area contributed by atoms with E-state index in [0.29, 0.717) is 6.54 Å². The summed E-state index contributed by atoms with van der Waals surface area (Å²) >= 11 is 0. The van der Waals surface area contributed by atoms with E-state index in [0.717, 1.165) is 24.2 Å². The number of benzene rings is 2. The molecular weight excluding hydrogens is 229 g/mol. The van der Waals surface area contributed by atoms with Gasteiger partial charge in [0.25, 0.3) is 0 Å². The third-order valence-electron chi connectivity index (χ3n) is 3.32. The predicted molar refractivity (Wildman–Crippen MR) is 69.3 cm³/mol. The van der Waals surface area contributed by atoms with E-state index in [-0.39, 0.29) is 11.6 Å². The molecule has 1 aliphatic rings. The molecule has 0 saturated heterocycles. The third kappa shape index (κ3) is 2.04. The van der Waals surface area contributed by atoms with Gasteiger partial charge in [-0.15, -0.1) is 0 Å². The second-order valence-corrected chi connectivity index (χ2v) is 4.61. The number of hydrogen-bond acceptors (Lipinski definition) is 2. The van der Waals surface area contributed by atoms with Gasteiger partial charge in [0.2, 0.25) is 0 Å². The summed E-state index contributed by atoms with van der Waals surface area (Å²) in [6.07, 6.45) is 0.953. The second-order valence-electron chi connectivity index (χ2n) is 4.61. The summed E-state index contributed by atoms with van der Waals surface area (Å²) in [6.45, 7) is 1.60. The molecule has 1 aliphatic heterocycles. The fourth-order valence-corrected chi connectivity index (χ4v) is 2.46. The van der Waals surface area contributed by atoms with Gasteiger partial charge in [0.1, 0.15) is 11.6 Å². The number of anilines is 1. The lowest BCUT2D eigenvalue weighted by Crippen LogP contribution is -2.19. The molecular formula is C15H14FNO. The number of phenols is 1. The summed E-state index contributed by atoms with van der Waals surface area (Å²) in [6, 6.07) is 12.2. The molecule has 0 aromatic heterocycles. The fraction of sp³-hybridized carbons (Fsp3) is 0.200. The van der Waals surface area contributed by atoms with Crippen molar-refractivity contribution in [2.75, 3.05) is 11.4 Å². The first-order valence-corrected chi connectivity index (χ1v) is 6.04. The molecule has 3 rings (SSSR count). The van der Waals surface area contributed by atoms with E-state index in [1.165, 1.54) is 11.6 Å². The Hall–Kier alpha value is -2.03. The Bertz CT molecular complexity index is 582. The van der Waals surface area contributed by atoms with Crippen LogP contribution in [0.15, 0.2) is 42.5 Å². The lowest BCUT2D eigenvalue weighted by atomic mass is 10.1. The van der Waals surface area contributed by atoms with Crippen LogP contribution in [0.3, 0.4) is 0 Å². The SMILES string of the molecule is Oc1cccc(CN2CCc3ccc(F)cc32)c1. The van der Waals surface area contributed by atoms with Crippen LogP contribution in [0.2, 0.25) is 0 Å². The zero-order valence-electron chi connectivity index (χ0n) is 9.94. The van der Waals surface area contributed by atoms with Crippen molar-refractivity contribution in [3.05, 3.63) is 59.4 Å². The molecule has 92 valence electrons. The van der Waals surface area contributed by atoms with E-state index in [1.807, 2.05) is 18.2 Å². The minimum Gasteiger partial charge on any atom is -0.508 e. The van der Waals surface area contributed by atoms with Gasteiger partial charge in [0, 0.05) is 18.8 Å². The summed E-state index contributed by atoms with van der Waals surface area (Å²) in [5.74, 6) is 0.0720. The van der Waals surface area contributed by atoms with E-state index >= 15 is 0 Å². The minimum absolute atomic E-state index is 0.198. The number of phenolic OH excluding ortho intramolecular Hbond substituents is 1. The number of aromatic hydroxyl groups is 1. The molecule has 0 saturated carbocycles. The number of hydrogen-bond donors (Lipinski definition) is 1. The van der Waals surface area contributed by atoms with Crippen LogP contribution in [0, 0.1) is 5.82 Å². The Kier molecular flexibility index (Phi) is 2.67. The quantitative estimate of drug-likeness (QED) is 0.876. The Morgan fingerprint density at radius 3 is 2.89 bits per heavy atom. The van der Waals surface area contributed by atoms with E-state index < -0.39 is 0 Å². The summed E-state index contributed by atoms with van der Waals surface area (Å²) < 4.78 is 13.3. The van der Waals surface area contributed by atoms with Crippen LogP contribution in [-0.4, -0.2) is 11.7 Å². The third-order valence-corrected chi connectivity index (χ3v) is 3.32. The van der Waals surface area contributed by atoms with Gasteiger partial charge >= 0.3 is 0 Å². The highest BCUT2D eigenvalue weighted by Gasteiger charge is 2.19. The van der Waals surface area contributed by atoms with Crippen molar-refractivity contribution in [3.8, 4) is 5.75 Å². The molecule has 0 bridgehead atoms. The largest absolute Gasteiger partial charge is 0.508 e. The van der Waals surface area contributed by atoms with Crippen molar-refractivity contribution in [2.24, 2.45) is 0 Å². The molecule has 2 aromatic carbocycles. The molecule has 1 heterocycles. The first kappa shape index (κ1) is 11.1. The Morgan fingerprint density at radius 1 is 1.17 bits per heavy atom. The maximum absolute atomic E-state index is 13.3. The maximum atomic E-state index is 13.3. The van der Waals surface area contributed by atoms with E-state index in [4.69, 9.17) is 0 Å². The van der Waals surface area contributed by atoms with Crippen molar-refractivity contribution < 1.29 is 9.50 Å². The van der Waals surface area contributed by atoms with Gasteiger partial charge in [-0.1, -0.05) is 18.2 Å².